The molecule has 2 aromatic heterocycles. The molecule has 57 heavy (non-hydrogen) atoms. The molecule has 16 heteroatoms. The minimum Gasteiger partial charge on any atom is -0.462 e. The van der Waals surface area contributed by atoms with Gasteiger partial charge in [0.05, 0.1) is 24.8 Å². The molecule has 0 saturated carbocycles. The number of nitrogens with one attached hydrogen (secondary N) is 2. The predicted octanol–water partition coefficient (Wildman–Crippen LogP) is 8.35. The first-order valence-corrected chi connectivity index (χ1v) is 21.4. The zero-order valence-corrected chi connectivity index (χ0v) is 35.2. The van der Waals surface area contributed by atoms with Crippen molar-refractivity contribution in [3.63, 3.8) is 0 Å². The number of amides is 1. The highest BCUT2D eigenvalue weighted by molar-refractivity contribution is 7.52. The second kappa shape index (κ2) is 18.3. The first-order valence-electron chi connectivity index (χ1n) is 18.7. The summed E-state index contributed by atoms with van der Waals surface area (Å²) in [6.07, 6.45) is 0.851. The van der Waals surface area contributed by atoms with Gasteiger partial charge in [0, 0.05) is 26.7 Å². The Bertz CT molecular complexity index is 2310. The Morgan fingerprint density at radius 3 is 2.44 bits per heavy atom. The van der Waals surface area contributed by atoms with Crippen molar-refractivity contribution in [1.82, 2.24) is 19.9 Å². The number of aryl methyl sites for hydroxylation is 3. The monoisotopic (exact) mass is 831 g/mol. The number of fused-ring (bicyclic) bond motifs is 3. The molecule has 5 aromatic rings. The molecule has 0 fully saturated rings. The van der Waals surface area contributed by atoms with Crippen molar-refractivity contribution in [3.05, 3.63) is 122 Å². The van der Waals surface area contributed by atoms with Gasteiger partial charge in [-0.25, -0.2) is 4.57 Å². The number of aromatic nitrogens is 3. The number of nitrogens with zero attached hydrogens (tertiary/aromatic N) is 4. The smallest absolute Gasteiger partial charge is 0.459 e. The number of hydrogen-bond donors (Lipinski definition) is 3. The zero-order chi connectivity index (χ0) is 40.9. The van der Waals surface area contributed by atoms with Crippen LogP contribution in [0, 0.1) is 20.8 Å². The van der Waals surface area contributed by atoms with Crippen molar-refractivity contribution in [2.45, 2.75) is 85.6 Å². The summed E-state index contributed by atoms with van der Waals surface area (Å²) in [5.74, 6) is 0.707. The molecule has 3 aromatic carbocycles. The maximum Gasteiger partial charge on any atom is 0.459 e. The van der Waals surface area contributed by atoms with Crippen LogP contribution in [0.3, 0.4) is 0 Å². The van der Waals surface area contributed by atoms with Crippen LogP contribution in [0.2, 0.25) is 5.02 Å². The first-order chi connectivity index (χ1) is 27.2. The van der Waals surface area contributed by atoms with Crippen LogP contribution >= 0.6 is 30.7 Å². The van der Waals surface area contributed by atoms with E-state index in [1.54, 1.807) is 67.6 Å². The van der Waals surface area contributed by atoms with Gasteiger partial charge in [-0.3, -0.25) is 23.7 Å². The summed E-state index contributed by atoms with van der Waals surface area (Å²) >= 11 is 7.91. The molecule has 0 spiro atoms. The van der Waals surface area contributed by atoms with Gasteiger partial charge in [0.1, 0.15) is 28.7 Å². The summed E-state index contributed by atoms with van der Waals surface area (Å²) in [7, 11) is -4.12. The summed E-state index contributed by atoms with van der Waals surface area (Å²) in [5.41, 5.74) is 11.7. The number of carbonyl (C=O) groups is 2. The average Bonchev–Trinajstić information content (AvgIpc) is 3.65. The molecule has 4 N–H and O–H groups in total. The quantitative estimate of drug-likeness (QED) is 0.0648. The number of rotatable bonds is 16. The Balaban J connectivity index is 1.25. The predicted molar refractivity (Wildman–Crippen MR) is 224 cm³/mol. The lowest BCUT2D eigenvalue weighted by Crippen LogP contribution is -2.36. The maximum absolute atomic E-state index is 14.1. The lowest BCUT2D eigenvalue weighted by Gasteiger charge is -2.24. The van der Waals surface area contributed by atoms with Crippen LogP contribution in [0.5, 0.6) is 5.75 Å². The third-order valence-electron chi connectivity index (χ3n) is 9.29. The lowest BCUT2D eigenvalue weighted by atomic mass is 9.99. The third-order valence-corrected chi connectivity index (χ3v) is 12.4. The topological polar surface area (TPSA) is 172 Å². The Labute approximate surface area is 341 Å². The van der Waals surface area contributed by atoms with Crippen LogP contribution in [0.15, 0.2) is 77.8 Å². The highest BCUT2D eigenvalue weighted by Gasteiger charge is 2.34. The Hall–Kier alpha value is -4.69. The van der Waals surface area contributed by atoms with Gasteiger partial charge in [0.15, 0.2) is 5.82 Å². The van der Waals surface area contributed by atoms with Crippen molar-refractivity contribution in [2.24, 2.45) is 10.7 Å². The lowest BCUT2D eigenvalue weighted by molar-refractivity contribution is -0.149. The van der Waals surface area contributed by atoms with Crippen LogP contribution in [0.1, 0.15) is 84.0 Å². The largest absolute Gasteiger partial charge is 0.462 e. The minimum absolute atomic E-state index is 0.00566. The molecule has 0 saturated heterocycles. The van der Waals surface area contributed by atoms with E-state index in [0.29, 0.717) is 53.1 Å². The van der Waals surface area contributed by atoms with Crippen LogP contribution < -0.4 is 20.7 Å². The highest BCUT2D eigenvalue weighted by Crippen LogP contribution is 2.46. The number of para-hydroxylation sites is 1. The number of thiophene rings is 1. The van der Waals surface area contributed by atoms with E-state index in [9.17, 15) is 14.2 Å². The van der Waals surface area contributed by atoms with E-state index < -0.39 is 25.8 Å². The summed E-state index contributed by atoms with van der Waals surface area (Å²) in [6.45, 7) is 11.4. The summed E-state index contributed by atoms with van der Waals surface area (Å²) in [4.78, 5) is 32.9. The molecule has 1 aliphatic heterocycles. The van der Waals surface area contributed by atoms with Crippen molar-refractivity contribution >= 4 is 54.0 Å². The molecule has 1 aliphatic rings. The van der Waals surface area contributed by atoms with Gasteiger partial charge in [0.2, 0.25) is 5.91 Å². The second-order valence-electron chi connectivity index (χ2n) is 14.0. The molecule has 0 radical (unpaired) electrons. The van der Waals surface area contributed by atoms with Gasteiger partial charge < -0.3 is 20.3 Å². The Morgan fingerprint density at radius 2 is 1.74 bits per heavy atom. The normalized spacial score (nSPS) is 15.2. The van der Waals surface area contributed by atoms with E-state index in [0.717, 1.165) is 37.8 Å². The highest BCUT2D eigenvalue weighted by atomic mass is 35.5. The van der Waals surface area contributed by atoms with Gasteiger partial charge in [-0.15, -0.1) is 21.5 Å². The third kappa shape index (κ3) is 10.1. The SMILES string of the molecule is Cc1sc2c(c1C)C(c1ccc(Cl)cc1)=N[C@@H](CC(=O)Nc1ccc(COP(=O)(N[C@@H](C)C(=O)OC(C)C)Oc3ccccc3)c(CCCN)c1)c1nnc(C)n1-2. The van der Waals surface area contributed by atoms with E-state index in [1.807, 2.05) is 41.8 Å². The molecular weight excluding hydrogens is 785 g/mol. The zero-order valence-electron chi connectivity index (χ0n) is 32.7. The molecule has 0 bridgehead atoms. The number of halogens is 1. The average molecular weight is 832 g/mol. The number of benzene rings is 3. The number of aliphatic imine (C=N–C) groups is 1. The molecule has 1 amide bonds. The Morgan fingerprint density at radius 1 is 1.00 bits per heavy atom. The van der Waals surface area contributed by atoms with Crippen molar-refractivity contribution in [1.29, 1.82) is 0 Å². The molecule has 3 atom stereocenters. The van der Waals surface area contributed by atoms with Crippen LogP contribution in [-0.4, -0.2) is 51.0 Å². The number of hydrogen-bond acceptors (Lipinski definition) is 11. The van der Waals surface area contributed by atoms with Gasteiger partial charge in [0.25, 0.3) is 0 Å². The molecule has 13 nitrogen and oxygen atoms in total. The number of anilines is 1. The van der Waals surface area contributed by atoms with Crippen LogP contribution in [0.25, 0.3) is 5.00 Å². The first kappa shape index (κ1) is 41.9. The van der Waals surface area contributed by atoms with Gasteiger partial charge in [-0.1, -0.05) is 48.0 Å². The molecule has 300 valence electrons. The molecule has 6 rings (SSSR count). The number of ether oxygens (including phenoxy) is 1. The fourth-order valence-electron chi connectivity index (χ4n) is 6.38. The summed E-state index contributed by atoms with van der Waals surface area (Å²) in [5, 5.41) is 16.3. The molecular formula is C41H47ClN7O6PS. The van der Waals surface area contributed by atoms with E-state index in [-0.39, 0.29) is 25.0 Å². The van der Waals surface area contributed by atoms with E-state index >= 15 is 0 Å². The van der Waals surface area contributed by atoms with Crippen molar-refractivity contribution in [2.75, 3.05) is 11.9 Å². The van der Waals surface area contributed by atoms with Crippen LogP contribution in [-0.2, 0) is 36.4 Å². The van der Waals surface area contributed by atoms with E-state index in [1.165, 1.54) is 6.92 Å². The van der Waals surface area contributed by atoms with Crippen molar-refractivity contribution in [3.8, 4) is 10.8 Å². The number of esters is 1. The minimum atomic E-state index is -4.12. The van der Waals surface area contributed by atoms with Crippen molar-refractivity contribution < 1.29 is 27.9 Å². The molecule has 0 aliphatic carbocycles. The summed E-state index contributed by atoms with van der Waals surface area (Å²) in [6, 6.07) is 19.9. The van der Waals surface area contributed by atoms with E-state index in [2.05, 4.69) is 34.4 Å². The van der Waals surface area contributed by atoms with Gasteiger partial charge in [-0.05, 0) is 114 Å². The number of nitrogens with two attached hydrogens (primary N) is 1. The molecule has 1 unspecified atom stereocenters. The van der Waals surface area contributed by atoms with Gasteiger partial charge >= 0.3 is 13.7 Å². The maximum atomic E-state index is 14.1. The standard InChI is InChI=1S/C41H47ClN7O6PS/c1-24(2)54-41(51)26(4)48-56(52,55-34-12-8-7-9-13-34)53-23-31-16-19-33(21-30(31)11-10-20-43)44-36(50)22-35-39-47-46-28(6)49(39)40-37(25(3)27(5)57-40)38(45-35)29-14-17-32(42)18-15-29/h7-9,12-19,21,24,26,35H,10-11,20,22-23,43H2,1-6H3,(H,44,50)(H,48,52)/t26-,35-,56?/m0/s1. The second-order valence-corrected chi connectivity index (χ2v) is 17.4. The number of carbonyl (C=O) groups excluding carboxylic acids is 2. The Kier molecular flexibility index (Phi) is 13.4. The van der Waals surface area contributed by atoms with E-state index in [4.69, 9.17) is 36.1 Å². The van der Waals surface area contributed by atoms with Crippen LogP contribution in [0.4, 0.5) is 5.69 Å². The summed E-state index contributed by atoms with van der Waals surface area (Å²) < 4.78 is 33.3. The molecule has 3 heterocycles. The fourth-order valence-corrected chi connectivity index (χ4v) is 9.19. The van der Waals surface area contributed by atoms with Gasteiger partial charge in [-0.2, -0.15) is 5.09 Å². The fraction of sp³-hybridized carbons (Fsp3) is 0.341.